The normalized spacial score (nSPS) is 10.8. The zero-order valence-corrected chi connectivity index (χ0v) is 10.6. The van der Waals surface area contributed by atoms with Crippen molar-refractivity contribution in [2.24, 2.45) is 0 Å². The molecule has 0 aliphatic carbocycles. The first-order valence-electron chi connectivity index (χ1n) is 5.05. The topological polar surface area (TPSA) is 78.7 Å². The minimum absolute atomic E-state index is 0.0863. The second-order valence-electron chi connectivity index (χ2n) is 4.10. The minimum atomic E-state index is -0.908. The highest BCUT2D eigenvalue weighted by Gasteiger charge is 2.23. The second-order valence-corrected chi connectivity index (χ2v) is 4.37. The Hall–Kier alpha value is -1.82. The first-order chi connectivity index (χ1) is 8.34. The standard InChI is InChI=1S/C11H12ClNO5/c1-11(2,7-12)18-10(14)17-9-5-3-8(4-6-9)13(15)16/h3-6H,7H2,1-2H3. The first kappa shape index (κ1) is 14.2. The van der Waals surface area contributed by atoms with Crippen LogP contribution in [0.25, 0.3) is 0 Å². The highest BCUT2D eigenvalue weighted by molar-refractivity contribution is 6.18. The molecule has 1 aromatic carbocycles. The average molecular weight is 274 g/mol. The predicted molar refractivity (Wildman–Crippen MR) is 65.0 cm³/mol. The molecule has 0 radical (unpaired) electrons. The Balaban J connectivity index is 2.63. The van der Waals surface area contributed by atoms with Crippen LogP contribution in [0.4, 0.5) is 10.5 Å². The van der Waals surface area contributed by atoms with Crippen LogP contribution in [0.1, 0.15) is 13.8 Å². The third-order valence-corrected chi connectivity index (χ3v) is 2.57. The number of non-ortho nitro benzene ring substituents is 1. The van der Waals surface area contributed by atoms with Crippen LogP contribution in [-0.4, -0.2) is 22.6 Å². The molecule has 98 valence electrons. The summed E-state index contributed by atoms with van der Waals surface area (Å²) < 4.78 is 9.79. The molecule has 0 N–H and O–H groups in total. The maximum absolute atomic E-state index is 11.4. The summed E-state index contributed by atoms with van der Waals surface area (Å²) in [7, 11) is 0. The second kappa shape index (κ2) is 5.68. The van der Waals surface area contributed by atoms with Gasteiger partial charge in [-0.25, -0.2) is 4.79 Å². The number of carbonyl (C=O) groups excluding carboxylic acids is 1. The van der Waals surface area contributed by atoms with E-state index in [2.05, 4.69) is 0 Å². The van der Waals surface area contributed by atoms with Crippen molar-refractivity contribution in [2.75, 3.05) is 5.88 Å². The van der Waals surface area contributed by atoms with Crippen molar-refractivity contribution in [3.05, 3.63) is 34.4 Å². The molecule has 0 atom stereocenters. The summed E-state index contributed by atoms with van der Waals surface area (Å²) >= 11 is 5.59. The molecule has 6 nitrogen and oxygen atoms in total. The highest BCUT2D eigenvalue weighted by atomic mass is 35.5. The van der Waals surface area contributed by atoms with Gasteiger partial charge in [-0.15, -0.1) is 11.6 Å². The number of ether oxygens (including phenoxy) is 2. The third kappa shape index (κ3) is 4.21. The van der Waals surface area contributed by atoms with E-state index in [1.54, 1.807) is 13.8 Å². The summed E-state index contributed by atoms with van der Waals surface area (Å²) in [5.41, 5.74) is -0.920. The molecule has 0 aliphatic heterocycles. The fourth-order valence-electron chi connectivity index (χ4n) is 1.01. The van der Waals surface area contributed by atoms with Crippen molar-refractivity contribution in [3.63, 3.8) is 0 Å². The Morgan fingerprint density at radius 3 is 2.39 bits per heavy atom. The van der Waals surface area contributed by atoms with E-state index in [-0.39, 0.29) is 17.3 Å². The van der Waals surface area contributed by atoms with Crippen LogP contribution < -0.4 is 4.74 Å². The van der Waals surface area contributed by atoms with Crippen LogP contribution in [0.3, 0.4) is 0 Å². The molecular formula is C11H12ClNO5. The van der Waals surface area contributed by atoms with E-state index in [0.29, 0.717) is 0 Å². The van der Waals surface area contributed by atoms with Crippen LogP contribution in [0.5, 0.6) is 5.75 Å². The Kier molecular flexibility index (Phi) is 4.49. The largest absolute Gasteiger partial charge is 0.514 e. The van der Waals surface area contributed by atoms with Crippen molar-refractivity contribution in [3.8, 4) is 5.75 Å². The van der Waals surface area contributed by atoms with Crippen LogP contribution in [0.2, 0.25) is 0 Å². The highest BCUT2D eigenvalue weighted by Crippen LogP contribution is 2.19. The summed E-state index contributed by atoms with van der Waals surface area (Å²) in [6, 6.07) is 5.09. The molecule has 0 saturated heterocycles. The van der Waals surface area contributed by atoms with Gasteiger partial charge in [-0.1, -0.05) is 0 Å². The molecule has 0 saturated carbocycles. The molecule has 0 spiro atoms. The molecule has 18 heavy (non-hydrogen) atoms. The first-order valence-corrected chi connectivity index (χ1v) is 5.59. The van der Waals surface area contributed by atoms with Gasteiger partial charge in [0.15, 0.2) is 0 Å². The molecular weight excluding hydrogens is 262 g/mol. The molecule has 1 rings (SSSR count). The van der Waals surface area contributed by atoms with E-state index in [9.17, 15) is 14.9 Å². The van der Waals surface area contributed by atoms with E-state index in [4.69, 9.17) is 21.1 Å². The number of nitro benzene ring substituents is 1. The summed E-state index contributed by atoms with van der Waals surface area (Å²) in [6.45, 7) is 3.27. The van der Waals surface area contributed by atoms with Crippen LogP contribution in [-0.2, 0) is 4.74 Å². The number of benzene rings is 1. The fourth-order valence-corrected chi connectivity index (χ4v) is 1.06. The average Bonchev–Trinajstić information content (AvgIpc) is 2.29. The molecule has 0 amide bonds. The molecule has 0 aliphatic rings. The van der Waals surface area contributed by atoms with Gasteiger partial charge >= 0.3 is 6.16 Å². The van der Waals surface area contributed by atoms with Crippen molar-refractivity contribution in [2.45, 2.75) is 19.4 Å². The van der Waals surface area contributed by atoms with E-state index in [1.807, 2.05) is 0 Å². The van der Waals surface area contributed by atoms with Crippen LogP contribution >= 0.6 is 11.6 Å². The van der Waals surface area contributed by atoms with Gasteiger partial charge in [0.05, 0.1) is 10.8 Å². The lowest BCUT2D eigenvalue weighted by molar-refractivity contribution is -0.384. The van der Waals surface area contributed by atoms with Gasteiger partial charge in [-0.3, -0.25) is 10.1 Å². The number of halogens is 1. The number of alkyl halides is 1. The molecule has 0 unspecified atom stereocenters. The maximum Gasteiger partial charge on any atom is 0.514 e. The SMILES string of the molecule is CC(C)(CCl)OC(=O)Oc1ccc([N+](=O)[O-])cc1. The molecule has 1 aromatic rings. The smallest absolute Gasteiger partial charge is 0.427 e. The summed E-state index contributed by atoms with van der Waals surface area (Å²) in [4.78, 5) is 21.2. The van der Waals surface area contributed by atoms with Crippen LogP contribution in [0.15, 0.2) is 24.3 Å². The molecule has 0 bridgehead atoms. The quantitative estimate of drug-likeness (QED) is 0.277. The fraction of sp³-hybridized carbons (Fsp3) is 0.364. The Morgan fingerprint density at radius 1 is 1.39 bits per heavy atom. The van der Waals surface area contributed by atoms with Gasteiger partial charge in [-0.05, 0) is 26.0 Å². The van der Waals surface area contributed by atoms with Gasteiger partial charge in [0.25, 0.3) is 5.69 Å². The molecule has 0 fully saturated rings. The van der Waals surface area contributed by atoms with Crippen molar-refractivity contribution < 1.29 is 19.2 Å². The Labute approximate surface area is 109 Å². The van der Waals surface area contributed by atoms with Crippen LogP contribution in [0, 0.1) is 10.1 Å². The predicted octanol–water partition coefficient (Wildman–Crippen LogP) is 3.13. The number of rotatable bonds is 4. The number of nitrogens with zero attached hydrogens (tertiary/aromatic N) is 1. The molecule has 7 heteroatoms. The molecule has 0 aromatic heterocycles. The summed E-state index contributed by atoms with van der Waals surface area (Å²) in [5, 5.41) is 10.4. The lowest BCUT2D eigenvalue weighted by Gasteiger charge is -2.21. The minimum Gasteiger partial charge on any atom is -0.427 e. The van der Waals surface area contributed by atoms with Gasteiger partial charge in [-0.2, -0.15) is 0 Å². The van der Waals surface area contributed by atoms with Gasteiger partial charge in [0.1, 0.15) is 11.4 Å². The number of nitro groups is 1. The Morgan fingerprint density at radius 2 is 1.94 bits per heavy atom. The molecule has 0 heterocycles. The van der Waals surface area contributed by atoms with Gasteiger partial charge in [0, 0.05) is 12.1 Å². The van der Waals surface area contributed by atoms with E-state index >= 15 is 0 Å². The van der Waals surface area contributed by atoms with E-state index in [0.717, 1.165) is 0 Å². The van der Waals surface area contributed by atoms with Gasteiger partial charge < -0.3 is 9.47 Å². The monoisotopic (exact) mass is 273 g/mol. The summed E-state index contributed by atoms with van der Waals surface area (Å²) in [6.07, 6.45) is -0.908. The summed E-state index contributed by atoms with van der Waals surface area (Å²) in [5.74, 6) is 0.290. The van der Waals surface area contributed by atoms with Gasteiger partial charge in [0.2, 0.25) is 0 Å². The zero-order valence-electron chi connectivity index (χ0n) is 9.88. The van der Waals surface area contributed by atoms with E-state index < -0.39 is 16.7 Å². The third-order valence-electron chi connectivity index (χ3n) is 1.93. The number of hydrogen-bond donors (Lipinski definition) is 0. The number of carbonyl (C=O) groups is 1. The zero-order chi connectivity index (χ0) is 13.8. The maximum atomic E-state index is 11.4. The van der Waals surface area contributed by atoms with Crippen molar-refractivity contribution in [1.29, 1.82) is 0 Å². The van der Waals surface area contributed by atoms with Crippen molar-refractivity contribution in [1.82, 2.24) is 0 Å². The lowest BCUT2D eigenvalue weighted by Crippen LogP contribution is -2.31. The lowest BCUT2D eigenvalue weighted by atomic mass is 10.2. The number of hydrogen-bond acceptors (Lipinski definition) is 5. The van der Waals surface area contributed by atoms with E-state index in [1.165, 1.54) is 24.3 Å². The van der Waals surface area contributed by atoms with Crippen molar-refractivity contribution >= 4 is 23.4 Å². The Bertz CT molecular complexity index is 443.